The van der Waals surface area contributed by atoms with Crippen molar-refractivity contribution in [2.45, 2.75) is 6.92 Å². The van der Waals surface area contributed by atoms with Crippen molar-refractivity contribution in [3.8, 4) is 23.3 Å². The van der Waals surface area contributed by atoms with Gasteiger partial charge in [-0.05, 0) is 48.9 Å². The molecule has 0 spiro atoms. The molecule has 2 aromatic carbocycles. The molecule has 4 rings (SSSR count). The van der Waals surface area contributed by atoms with E-state index in [4.69, 9.17) is 9.47 Å². The van der Waals surface area contributed by atoms with Crippen molar-refractivity contribution < 1.29 is 19.4 Å². The SMILES string of the molecule is COc1cccc(Oc2ccc(Nc3c(C#N)cnn4cc(C(=O)O)c(C)c34)cc2)c1. The largest absolute Gasteiger partial charge is 0.497 e. The van der Waals surface area contributed by atoms with Crippen LogP contribution in [0.25, 0.3) is 5.52 Å². The molecule has 0 radical (unpaired) electrons. The molecule has 31 heavy (non-hydrogen) atoms. The number of carbonyl (C=O) groups is 1. The van der Waals surface area contributed by atoms with Gasteiger partial charge in [-0.3, -0.25) is 0 Å². The number of ether oxygens (including phenoxy) is 2. The van der Waals surface area contributed by atoms with Crippen LogP contribution in [0.5, 0.6) is 17.2 Å². The summed E-state index contributed by atoms with van der Waals surface area (Å²) in [7, 11) is 1.59. The Labute approximate surface area is 177 Å². The van der Waals surface area contributed by atoms with E-state index >= 15 is 0 Å². The number of aromatic nitrogens is 2. The van der Waals surface area contributed by atoms with Crippen molar-refractivity contribution in [1.82, 2.24) is 9.61 Å². The number of nitrogens with zero attached hydrogens (tertiary/aromatic N) is 3. The summed E-state index contributed by atoms with van der Waals surface area (Å²) >= 11 is 0. The summed E-state index contributed by atoms with van der Waals surface area (Å²) in [5.74, 6) is 0.926. The number of nitrogens with one attached hydrogen (secondary N) is 1. The Morgan fingerprint density at radius 3 is 2.58 bits per heavy atom. The van der Waals surface area contributed by atoms with Gasteiger partial charge in [0.15, 0.2) is 0 Å². The van der Waals surface area contributed by atoms with E-state index < -0.39 is 5.97 Å². The third-order valence-electron chi connectivity index (χ3n) is 4.81. The number of fused-ring (bicyclic) bond motifs is 1. The normalized spacial score (nSPS) is 10.5. The van der Waals surface area contributed by atoms with Crippen LogP contribution in [0.2, 0.25) is 0 Å². The van der Waals surface area contributed by atoms with Gasteiger partial charge in [0.05, 0.1) is 35.6 Å². The highest BCUT2D eigenvalue weighted by atomic mass is 16.5. The lowest BCUT2D eigenvalue weighted by Gasteiger charge is -2.12. The lowest BCUT2D eigenvalue weighted by atomic mass is 10.1. The van der Waals surface area contributed by atoms with Crippen LogP contribution >= 0.6 is 0 Å². The van der Waals surface area contributed by atoms with Crippen LogP contribution in [0.3, 0.4) is 0 Å². The number of aromatic carboxylic acids is 1. The van der Waals surface area contributed by atoms with Crippen LogP contribution < -0.4 is 14.8 Å². The topological polar surface area (TPSA) is 109 Å². The number of rotatable bonds is 6. The Balaban J connectivity index is 1.64. The second-order valence-electron chi connectivity index (χ2n) is 6.74. The van der Waals surface area contributed by atoms with E-state index in [2.05, 4.69) is 16.5 Å². The molecule has 0 atom stereocenters. The third kappa shape index (κ3) is 3.84. The van der Waals surface area contributed by atoms with Gasteiger partial charge in [-0.2, -0.15) is 10.4 Å². The lowest BCUT2D eigenvalue weighted by molar-refractivity contribution is 0.0696. The molecule has 2 aromatic heterocycles. The number of carboxylic acid groups (broad SMARTS) is 1. The number of anilines is 2. The molecular formula is C23H18N4O4. The molecule has 4 aromatic rings. The van der Waals surface area contributed by atoms with Crippen LogP contribution in [-0.2, 0) is 0 Å². The molecule has 0 aliphatic rings. The number of methoxy groups -OCH3 is 1. The van der Waals surface area contributed by atoms with Crippen molar-refractivity contribution in [3.05, 3.63) is 77.6 Å². The zero-order valence-corrected chi connectivity index (χ0v) is 16.8. The summed E-state index contributed by atoms with van der Waals surface area (Å²) in [6.07, 6.45) is 2.84. The van der Waals surface area contributed by atoms with E-state index in [0.717, 1.165) is 0 Å². The fourth-order valence-electron chi connectivity index (χ4n) is 3.27. The molecule has 2 N–H and O–H groups in total. The van der Waals surface area contributed by atoms with Crippen LogP contribution in [0.1, 0.15) is 21.5 Å². The molecule has 0 aliphatic carbocycles. The van der Waals surface area contributed by atoms with Gasteiger partial charge < -0.3 is 19.9 Å². The molecule has 154 valence electrons. The van der Waals surface area contributed by atoms with E-state index in [1.807, 2.05) is 30.3 Å². The second-order valence-corrected chi connectivity index (χ2v) is 6.74. The maximum Gasteiger partial charge on any atom is 0.337 e. The minimum Gasteiger partial charge on any atom is -0.497 e. The number of aryl methyl sites for hydroxylation is 1. The lowest BCUT2D eigenvalue weighted by Crippen LogP contribution is -2.01. The summed E-state index contributed by atoms with van der Waals surface area (Å²) in [5, 5.41) is 26.3. The number of hydrogen-bond acceptors (Lipinski definition) is 6. The van der Waals surface area contributed by atoms with Gasteiger partial charge in [-0.25, -0.2) is 9.31 Å². The van der Waals surface area contributed by atoms with E-state index in [9.17, 15) is 15.2 Å². The maximum absolute atomic E-state index is 11.5. The first-order valence-corrected chi connectivity index (χ1v) is 9.33. The fourth-order valence-corrected chi connectivity index (χ4v) is 3.27. The highest BCUT2D eigenvalue weighted by molar-refractivity contribution is 5.96. The predicted molar refractivity (Wildman–Crippen MR) is 114 cm³/mol. The number of carboxylic acids is 1. The Bertz CT molecular complexity index is 1320. The summed E-state index contributed by atoms with van der Waals surface area (Å²) in [6, 6.07) is 16.6. The summed E-state index contributed by atoms with van der Waals surface area (Å²) in [5.41, 5.74) is 2.70. The summed E-state index contributed by atoms with van der Waals surface area (Å²) in [6.45, 7) is 1.69. The van der Waals surface area contributed by atoms with E-state index in [1.54, 1.807) is 32.2 Å². The van der Waals surface area contributed by atoms with Gasteiger partial charge in [0.1, 0.15) is 23.3 Å². The average Bonchev–Trinajstić information content (AvgIpc) is 3.12. The van der Waals surface area contributed by atoms with E-state index in [1.165, 1.54) is 16.9 Å². The number of nitriles is 1. The zero-order chi connectivity index (χ0) is 22.0. The molecule has 0 unspecified atom stereocenters. The van der Waals surface area contributed by atoms with E-state index in [0.29, 0.717) is 45.3 Å². The molecule has 8 nitrogen and oxygen atoms in total. The minimum atomic E-state index is -1.05. The van der Waals surface area contributed by atoms with Gasteiger partial charge in [0.25, 0.3) is 0 Å². The second kappa shape index (κ2) is 8.08. The van der Waals surface area contributed by atoms with Crippen molar-refractivity contribution >= 4 is 22.9 Å². The van der Waals surface area contributed by atoms with Gasteiger partial charge >= 0.3 is 5.97 Å². The van der Waals surface area contributed by atoms with E-state index in [-0.39, 0.29) is 5.56 Å². The summed E-state index contributed by atoms with van der Waals surface area (Å²) < 4.78 is 12.5. The highest BCUT2D eigenvalue weighted by Crippen LogP contribution is 2.31. The van der Waals surface area contributed by atoms with Gasteiger partial charge in [0.2, 0.25) is 0 Å². The predicted octanol–water partition coefficient (Wildman–Crippen LogP) is 4.76. The minimum absolute atomic E-state index is 0.132. The quantitative estimate of drug-likeness (QED) is 0.468. The van der Waals surface area contributed by atoms with Gasteiger partial charge in [0, 0.05) is 18.0 Å². The van der Waals surface area contributed by atoms with Crippen LogP contribution in [-0.4, -0.2) is 27.8 Å². The van der Waals surface area contributed by atoms with Crippen LogP contribution in [0, 0.1) is 18.3 Å². The Morgan fingerprint density at radius 2 is 1.90 bits per heavy atom. The fraction of sp³-hybridized carbons (Fsp3) is 0.0870. The first kappa shape index (κ1) is 19.8. The Morgan fingerprint density at radius 1 is 1.16 bits per heavy atom. The van der Waals surface area contributed by atoms with Crippen molar-refractivity contribution in [3.63, 3.8) is 0 Å². The molecule has 0 bridgehead atoms. The monoisotopic (exact) mass is 414 g/mol. The first-order chi connectivity index (χ1) is 15.0. The molecule has 0 fully saturated rings. The zero-order valence-electron chi connectivity index (χ0n) is 16.8. The molecule has 0 aliphatic heterocycles. The highest BCUT2D eigenvalue weighted by Gasteiger charge is 2.19. The van der Waals surface area contributed by atoms with Crippen LogP contribution in [0.15, 0.2) is 60.9 Å². The van der Waals surface area contributed by atoms with Crippen molar-refractivity contribution in [2.75, 3.05) is 12.4 Å². The van der Waals surface area contributed by atoms with Crippen molar-refractivity contribution in [2.24, 2.45) is 0 Å². The first-order valence-electron chi connectivity index (χ1n) is 9.33. The van der Waals surface area contributed by atoms with Crippen molar-refractivity contribution in [1.29, 1.82) is 5.26 Å². The Kier molecular flexibility index (Phi) is 5.16. The smallest absolute Gasteiger partial charge is 0.337 e. The third-order valence-corrected chi connectivity index (χ3v) is 4.81. The average molecular weight is 414 g/mol. The molecule has 0 saturated carbocycles. The van der Waals surface area contributed by atoms with Gasteiger partial charge in [-0.1, -0.05) is 6.07 Å². The number of benzene rings is 2. The number of hydrogen-bond donors (Lipinski definition) is 2. The van der Waals surface area contributed by atoms with Gasteiger partial charge in [-0.15, -0.1) is 0 Å². The molecule has 2 heterocycles. The van der Waals surface area contributed by atoms with Crippen LogP contribution in [0.4, 0.5) is 11.4 Å². The standard InChI is InChI=1S/C23H18N4O4/c1-14-20(23(28)29)13-27-22(14)21(15(11-24)12-25-27)26-16-6-8-17(9-7-16)31-19-5-3-4-18(10-19)30-2/h3-10,12-13,26H,1-2H3,(H,28,29). The molecule has 0 amide bonds. The summed E-state index contributed by atoms with van der Waals surface area (Å²) in [4.78, 5) is 11.5. The molecular weight excluding hydrogens is 396 g/mol. The molecule has 0 saturated heterocycles. The molecule has 8 heteroatoms. The Hall–Kier alpha value is -4.51. The maximum atomic E-state index is 11.5.